The third-order valence-electron chi connectivity index (χ3n) is 2.04. The Morgan fingerprint density at radius 1 is 1.67 bits per heavy atom. The number of rotatable bonds is 5. The maximum absolute atomic E-state index is 8.51. The second-order valence-corrected chi connectivity index (χ2v) is 3.59. The molecule has 5 heteroatoms. The predicted molar refractivity (Wildman–Crippen MR) is 58.4 cm³/mol. The van der Waals surface area contributed by atoms with E-state index >= 15 is 0 Å². The third kappa shape index (κ3) is 3.28. The van der Waals surface area contributed by atoms with Gasteiger partial charge in [0.25, 0.3) is 0 Å². The molecule has 84 valence electrons. The second-order valence-electron chi connectivity index (χ2n) is 3.59. The Hall–Kier alpha value is -1.49. The van der Waals surface area contributed by atoms with Crippen LogP contribution in [-0.2, 0) is 4.74 Å². The van der Waals surface area contributed by atoms with Crippen LogP contribution in [0.5, 0.6) is 0 Å². The van der Waals surface area contributed by atoms with Crippen molar-refractivity contribution in [1.82, 2.24) is 9.80 Å². The van der Waals surface area contributed by atoms with Gasteiger partial charge in [0.1, 0.15) is 12.9 Å². The number of hydrogen-bond donors (Lipinski definition) is 1. The summed E-state index contributed by atoms with van der Waals surface area (Å²) in [7, 11) is 1.90. The summed E-state index contributed by atoms with van der Waals surface area (Å²) in [5.41, 5.74) is 0.985. The van der Waals surface area contributed by atoms with Gasteiger partial charge in [0, 0.05) is 19.4 Å². The molecule has 0 bridgehead atoms. The molecule has 0 amide bonds. The second kappa shape index (κ2) is 5.41. The van der Waals surface area contributed by atoms with Gasteiger partial charge < -0.3 is 19.7 Å². The standard InChI is InChI=1S/C10H17N3O2/c1-9(2)7-15-8-13-5-4-12(3)10(13)6-11-14/h4-6,10,14H,1,7-8H2,2-3H3/b11-6-. The van der Waals surface area contributed by atoms with E-state index < -0.39 is 0 Å². The lowest BCUT2D eigenvalue weighted by atomic mass is 10.4. The molecule has 0 radical (unpaired) electrons. The Bertz CT molecular complexity index is 276. The van der Waals surface area contributed by atoms with Gasteiger partial charge in [0.15, 0.2) is 0 Å². The van der Waals surface area contributed by atoms with Crippen LogP contribution in [0, 0.1) is 0 Å². The van der Waals surface area contributed by atoms with E-state index in [-0.39, 0.29) is 6.17 Å². The Labute approximate surface area is 89.9 Å². The van der Waals surface area contributed by atoms with Gasteiger partial charge in [0.2, 0.25) is 0 Å². The van der Waals surface area contributed by atoms with Crippen molar-refractivity contribution in [3.05, 3.63) is 24.6 Å². The summed E-state index contributed by atoms with van der Waals surface area (Å²) >= 11 is 0. The molecule has 0 saturated heterocycles. The molecule has 5 nitrogen and oxygen atoms in total. The van der Waals surface area contributed by atoms with Crippen LogP contribution in [0.1, 0.15) is 6.92 Å². The Morgan fingerprint density at radius 3 is 3.00 bits per heavy atom. The Morgan fingerprint density at radius 2 is 2.40 bits per heavy atom. The van der Waals surface area contributed by atoms with E-state index in [1.54, 1.807) is 0 Å². The van der Waals surface area contributed by atoms with Crippen LogP contribution in [0.25, 0.3) is 0 Å². The minimum Gasteiger partial charge on any atom is -0.411 e. The maximum atomic E-state index is 8.51. The van der Waals surface area contributed by atoms with Crippen molar-refractivity contribution >= 4 is 6.21 Å². The molecule has 1 atom stereocenters. The summed E-state index contributed by atoms with van der Waals surface area (Å²) in [6, 6.07) is 0. The molecular weight excluding hydrogens is 194 g/mol. The van der Waals surface area contributed by atoms with E-state index in [4.69, 9.17) is 9.94 Å². The summed E-state index contributed by atoms with van der Waals surface area (Å²) in [5.74, 6) is 0. The first-order valence-electron chi connectivity index (χ1n) is 4.71. The smallest absolute Gasteiger partial charge is 0.142 e. The van der Waals surface area contributed by atoms with Crippen molar-refractivity contribution in [2.75, 3.05) is 20.4 Å². The summed E-state index contributed by atoms with van der Waals surface area (Å²) in [4.78, 5) is 3.84. The SMILES string of the molecule is C=C(C)COCN1C=CN(C)C1/C=N\O. The number of nitrogens with zero attached hydrogens (tertiary/aromatic N) is 3. The van der Waals surface area contributed by atoms with Crippen molar-refractivity contribution in [1.29, 1.82) is 0 Å². The number of oxime groups is 1. The average Bonchev–Trinajstić information content (AvgIpc) is 2.50. The minimum atomic E-state index is -0.0832. The number of hydrogen-bond acceptors (Lipinski definition) is 5. The van der Waals surface area contributed by atoms with E-state index in [2.05, 4.69) is 11.7 Å². The highest BCUT2D eigenvalue weighted by Crippen LogP contribution is 2.11. The van der Waals surface area contributed by atoms with Gasteiger partial charge in [-0.3, -0.25) is 0 Å². The monoisotopic (exact) mass is 211 g/mol. The maximum Gasteiger partial charge on any atom is 0.142 e. The van der Waals surface area contributed by atoms with Gasteiger partial charge in [0.05, 0.1) is 12.8 Å². The quantitative estimate of drug-likeness (QED) is 0.319. The van der Waals surface area contributed by atoms with Crippen LogP contribution in [0.3, 0.4) is 0 Å². The van der Waals surface area contributed by atoms with Crippen LogP contribution in [0.4, 0.5) is 0 Å². The fourth-order valence-electron chi connectivity index (χ4n) is 1.30. The van der Waals surface area contributed by atoms with Crippen molar-refractivity contribution < 1.29 is 9.94 Å². The molecule has 15 heavy (non-hydrogen) atoms. The molecule has 1 aliphatic rings. The molecule has 0 aromatic heterocycles. The van der Waals surface area contributed by atoms with Gasteiger partial charge in [-0.2, -0.15) is 0 Å². The van der Waals surface area contributed by atoms with Gasteiger partial charge in [-0.1, -0.05) is 17.3 Å². The number of ether oxygens (including phenoxy) is 1. The molecule has 1 rings (SSSR count). The highest BCUT2D eigenvalue weighted by molar-refractivity contribution is 5.64. The first-order valence-corrected chi connectivity index (χ1v) is 4.71. The highest BCUT2D eigenvalue weighted by atomic mass is 16.5. The highest BCUT2D eigenvalue weighted by Gasteiger charge is 2.21. The van der Waals surface area contributed by atoms with Crippen molar-refractivity contribution in [2.45, 2.75) is 13.1 Å². The van der Waals surface area contributed by atoms with E-state index in [0.717, 1.165) is 5.57 Å². The van der Waals surface area contributed by atoms with Crippen LogP contribution in [0.2, 0.25) is 0 Å². The summed E-state index contributed by atoms with van der Waals surface area (Å²) in [5, 5.41) is 11.5. The minimum absolute atomic E-state index is 0.0832. The fraction of sp³-hybridized carbons (Fsp3) is 0.500. The van der Waals surface area contributed by atoms with E-state index in [1.807, 2.05) is 36.2 Å². The first kappa shape index (κ1) is 11.6. The largest absolute Gasteiger partial charge is 0.411 e. The van der Waals surface area contributed by atoms with Gasteiger partial charge >= 0.3 is 0 Å². The molecule has 1 aliphatic heterocycles. The summed E-state index contributed by atoms with van der Waals surface area (Å²) < 4.78 is 5.41. The van der Waals surface area contributed by atoms with Crippen molar-refractivity contribution in [3.63, 3.8) is 0 Å². The molecule has 1 N–H and O–H groups in total. The molecule has 1 heterocycles. The van der Waals surface area contributed by atoms with Gasteiger partial charge in [-0.15, -0.1) is 0 Å². The van der Waals surface area contributed by atoms with Crippen LogP contribution in [-0.4, -0.2) is 47.8 Å². The summed E-state index contributed by atoms with van der Waals surface area (Å²) in [6.45, 7) is 6.65. The van der Waals surface area contributed by atoms with Crippen LogP contribution in [0.15, 0.2) is 29.7 Å². The van der Waals surface area contributed by atoms with Crippen LogP contribution < -0.4 is 0 Å². The van der Waals surface area contributed by atoms with Gasteiger partial charge in [-0.25, -0.2) is 0 Å². The van der Waals surface area contributed by atoms with E-state index in [9.17, 15) is 0 Å². The molecule has 0 aliphatic carbocycles. The summed E-state index contributed by atoms with van der Waals surface area (Å²) in [6.07, 6.45) is 5.16. The predicted octanol–water partition coefficient (Wildman–Crippen LogP) is 1.04. The molecular formula is C10H17N3O2. The Balaban J connectivity index is 2.40. The molecule has 0 aromatic carbocycles. The fourth-order valence-corrected chi connectivity index (χ4v) is 1.30. The molecule has 0 aromatic rings. The zero-order valence-electron chi connectivity index (χ0n) is 9.13. The van der Waals surface area contributed by atoms with Crippen LogP contribution >= 0.6 is 0 Å². The third-order valence-corrected chi connectivity index (χ3v) is 2.04. The topological polar surface area (TPSA) is 48.3 Å². The lowest BCUT2D eigenvalue weighted by molar-refractivity contribution is 0.0464. The zero-order valence-corrected chi connectivity index (χ0v) is 9.13. The normalized spacial score (nSPS) is 20.5. The lowest BCUT2D eigenvalue weighted by Gasteiger charge is -2.26. The Kier molecular flexibility index (Phi) is 4.17. The van der Waals surface area contributed by atoms with Crippen molar-refractivity contribution in [2.24, 2.45) is 5.16 Å². The van der Waals surface area contributed by atoms with Crippen molar-refractivity contribution in [3.8, 4) is 0 Å². The van der Waals surface area contributed by atoms with Gasteiger partial charge in [-0.05, 0) is 6.92 Å². The average molecular weight is 211 g/mol. The molecule has 1 unspecified atom stereocenters. The first-order chi connectivity index (χ1) is 7.15. The molecule has 0 fully saturated rings. The zero-order chi connectivity index (χ0) is 11.3. The molecule has 0 saturated carbocycles. The lowest BCUT2D eigenvalue weighted by Crippen LogP contribution is -2.39. The molecule has 0 spiro atoms. The van der Waals surface area contributed by atoms with E-state index in [1.165, 1.54) is 6.21 Å². The van der Waals surface area contributed by atoms with E-state index in [0.29, 0.717) is 13.3 Å².